The molecular formula is C22H19FN2O2S. The molecule has 4 rings (SSSR count). The van der Waals surface area contributed by atoms with Crippen LogP contribution in [0.25, 0.3) is 10.2 Å². The highest BCUT2D eigenvalue weighted by molar-refractivity contribution is 7.22. The monoisotopic (exact) mass is 394 g/mol. The number of aromatic nitrogens is 1. The Bertz CT molecular complexity index is 1130. The van der Waals surface area contributed by atoms with Gasteiger partial charge in [-0.2, -0.15) is 0 Å². The minimum absolute atomic E-state index is 0.112. The number of anilines is 1. The van der Waals surface area contributed by atoms with Gasteiger partial charge in [0.15, 0.2) is 5.13 Å². The zero-order valence-corrected chi connectivity index (χ0v) is 16.4. The summed E-state index contributed by atoms with van der Waals surface area (Å²) < 4.78 is 20.2. The van der Waals surface area contributed by atoms with Gasteiger partial charge in [0, 0.05) is 0 Å². The van der Waals surface area contributed by atoms with Gasteiger partial charge in [0.2, 0.25) is 5.91 Å². The Morgan fingerprint density at radius 1 is 1.14 bits per heavy atom. The van der Waals surface area contributed by atoms with Crippen molar-refractivity contribution >= 4 is 32.6 Å². The second-order valence-electron chi connectivity index (χ2n) is 6.74. The molecule has 2 aromatic carbocycles. The summed E-state index contributed by atoms with van der Waals surface area (Å²) >= 11 is 1.30. The maximum Gasteiger partial charge on any atom is 0.233 e. The van der Waals surface area contributed by atoms with Crippen LogP contribution < -0.4 is 4.90 Å². The largest absolute Gasteiger partial charge is 0.467 e. The van der Waals surface area contributed by atoms with Crippen molar-refractivity contribution in [2.45, 2.75) is 26.8 Å². The molecule has 0 N–H and O–H groups in total. The number of benzene rings is 2. The summed E-state index contributed by atoms with van der Waals surface area (Å²) in [5.74, 6) is 0.145. The van der Waals surface area contributed by atoms with Crippen LogP contribution in [-0.4, -0.2) is 10.9 Å². The third kappa shape index (κ3) is 3.68. The van der Waals surface area contributed by atoms with E-state index in [1.807, 2.05) is 38.1 Å². The van der Waals surface area contributed by atoms with Gasteiger partial charge in [0.1, 0.15) is 17.1 Å². The third-order valence-electron chi connectivity index (χ3n) is 4.71. The van der Waals surface area contributed by atoms with E-state index in [1.54, 1.807) is 29.4 Å². The first-order chi connectivity index (χ1) is 13.5. The topological polar surface area (TPSA) is 46.3 Å². The van der Waals surface area contributed by atoms with Crippen LogP contribution in [0.15, 0.2) is 59.2 Å². The maximum absolute atomic E-state index is 14.1. The number of fused-ring (bicyclic) bond motifs is 1. The van der Waals surface area contributed by atoms with Crippen molar-refractivity contribution in [3.63, 3.8) is 0 Å². The Morgan fingerprint density at radius 3 is 2.71 bits per heavy atom. The SMILES string of the molecule is Cc1ccc(CC(=O)N(Cc2ccco2)c2nc3c(F)cccc3s2)cc1C. The Morgan fingerprint density at radius 2 is 2.00 bits per heavy atom. The molecule has 0 aliphatic heterocycles. The van der Waals surface area contributed by atoms with E-state index >= 15 is 0 Å². The molecule has 4 aromatic rings. The summed E-state index contributed by atoms with van der Waals surface area (Å²) in [6.07, 6.45) is 1.81. The van der Waals surface area contributed by atoms with Crippen LogP contribution in [0.4, 0.5) is 9.52 Å². The summed E-state index contributed by atoms with van der Waals surface area (Å²) in [4.78, 5) is 19.1. The number of hydrogen-bond acceptors (Lipinski definition) is 4. The summed E-state index contributed by atoms with van der Waals surface area (Å²) in [6, 6.07) is 14.4. The fraction of sp³-hybridized carbons (Fsp3) is 0.182. The van der Waals surface area contributed by atoms with E-state index in [-0.39, 0.29) is 30.2 Å². The third-order valence-corrected chi connectivity index (χ3v) is 5.75. The normalized spacial score (nSPS) is 11.1. The zero-order valence-electron chi connectivity index (χ0n) is 15.6. The first-order valence-electron chi connectivity index (χ1n) is 8.95. The van der Waals surface area contributed by atoms with Crippen molar-refractivity contribution in [1.29, 1.82) is 0 Å². The first kappa shape index (κ1) is 18.4. The molecule has 0 fully saturated rings. The van der Waals surface area contributed by atoms with Gasteiger partial charge in [-0.15, -0.1) is 0 Å². The number of furan rings is 1. The molecular weight excluding hydrogens is 375 g/mol. The number of amides is 1. The molecule has 0 aliphatic rings. The molecule has 142 valence electrons. The van der Waals surface area contributed by atoms with Gasteiger partial charge in [-0.05, 0) is 54.8 Å². The van der Waals surface area contributed by atoms with Crippen LogP contribution in [0.3, 0.4) is 0 Å². The molecule has 1 amide bonds. The highest BCUT2D eigenvalue weighted by Crippen LogP contribution is 2.31. The van der Waals surface area contributed by atoms with Crippen molar-refractivity contribution in [2.75, 3.05) is 4.90 Å². The fourth-order valence-corrected chi connectivity index (χ4v) is 4.02. The van der Waals surface area contributed by atoms with Gasteiger partial charge in [0.25, 0.3) is 0 Å². The van der Waals surface area contributed by atoms with Gasteiger partial charge in [-0.25, -0.2) is 9.37 Å². The van der Waals surface area contributed by atoms with E-state index in [4.69, 9.17) is 4.42 Å². The van der Waals surface area contributed by atoms with Crippen molar-refractivity contribution < 1.29 is 13.6 Å². The molecule has 0 spiro atoms. The Labute approximate surface area is 166 Å². The first-order valence-corrected chi connectivity index (χ1v) is 9.77. The van der Waals surface area contributed by atoms with E-state index in [0.29, 0.717) is 15.6 Å². The second-order valence-corrected chi connectivity index (χ2v) is 7.75. The standard InChI is InChI=1S/C22H19FN2O2S/c1-14-8-9-16(11-15(14)2)12-20(26)25(13-17-5-4-10-27-17)22-24-21-18(23)6-3-7-19(21)28-22/h3-11H,12-13H2,1-2H3. The van der Waals surface area contributed by atoms with Crippen LogP contribution in [0, 0.1) is 19.7 Å². The molecule has 6 heteroatoms. The van der Waals surface area contributed by atoms with Crippen LogP contribution >= 0.6 is 11.3 Å². The molecule has 0 saturated heterocycles. The number of para-hydroxylation sites is 1. The average Bonchev–Trinajstić information content (AvgIpc) is 3.32. The molecule has 0 saturated carbocycles. The van der Waals surface area contributed by atoms with Gasteiger partial charge in [-0.1, -0.05) is 35.6 Å². The van der Waals surface area contributed by atoms with Gasteiger partial charge in [-0.3, -0.25) is 9.69 Å². The number of nitrogens with zero attached hydrogens (tertiary/aromatic N) is 2. The van der Waals surface area contributed by atoms with Gasteiger partial charge in [0.05, 0.1) is 23.9 Å². The van der Waals surface area contributed by atoms with Gasteiger partial charge < -0.3 is 4.42 Å². The maximum atomic E-state index is 14.1. The number of halogens is 1. The molecule has 0 unspecified atom stereocenters. The lowest BCUT2D eigenvalue weighted by molar-refractivity contribution is -0.118. The summed E-state index contributed by atoms with van der Waals surface area (Å²) in [5, 5.41) is 0.463. The fourth-order valence-electron chi connectivity index (χ4n) is 3.02. The Kier molecular flexibility index (Phi) is 4.96. The summed E-state index contributed by atoms with van der Waals surface area (Å²) in [6.45, 7) is 4.32. The number of aryl methyl sites for hydroxylation is 2. The molecule has 0 bridgehead atoms. The van der Waals surface area contributed by atoms with E-state index in [0.717, 1.165) is 11.1 Å². The minimum Gasteiger partial charge on any atom is -0.467 e. The number of rotatable bonds is 5. The molecule has 2 heterocycles. The van der Waals surface area contributed by atoms with Crippen molar-refractivity contribution in [1.82, 2.24) is 4.98 Å². The number of thiazole rings is 1. The van der Waals surface area contributed by atoms with E-state index < -0.39 is 0 Å². The van der Waals surface area contributed by atoms with E-state index in [2.05, 4.69) is 4.98 Å². The highest BCUT2D eigenvalue weighted by Gasteiger charge is 2.22. The van der Waals surface area contributed by atoms with E-state index in [9.17, 15) is 9.18 Å². The predicted octanol–water partition coefficient (Wildman–Crippen LogP) is 5.42. The highest BCUT2D eigenvalue weighted by atomic mass is 32.1. The Hall–Kier alpha value is -2.99. The predicted molar refractivity (Wildman–Crippen MR) is 109 cm³/mol. The molecule has 28 heavy (non-hydrogen) atoms. The number of hydrogen-bond donors (Lipinski definition) is 0. The lowest BCUT2D eigenvalue weighted by Crippen LogP contribution is -2.31. The molecule has 0 radical (unpaired) electrons. The van der Waals surface area contributed by atoms with Crippen molar-refractivity contribution in [3.8, 4) is 0 Å². The van der Waals surface area contributed by atoms with Crippen molar-refractivity contribution in [3.05, 3.63) is 83.1 Å². The van der Waals surface area contributed by atoms with Crippen LogP contribution in [-0.2, 0) is 17.8 Å². The minimum atomic E-state index is -0.389. The van der Waals surface area contributed by atoms with Crippen LogP contribution in [0.5, 0.6) is 0 Å². The van der Waals surface area contributed by atoms with E-state index in [1.165, 1.54) is 23.0 Å². The molecule has 4 nitrogen and oxygen atoms in total. The van der Waals surface area contributed by atoms with Gasteiger partial charge >= 0.3 is 0 Å². The zero-order chi connectivity index (χ0) is 19.7. The smallest absolute Gasteiger partial charge is 0.233 e. The quantitative estimate of drug-likeness (QED) is 0.454. The molecule has 0 atom stereocenters. The lowest BCUT2D eigenvalue weighted by atomic mass is 10.0. The molecule has 2 aromatic heterocycles. The lowest BCUT2D eigenvalue weighted by Gasteiger charge is -2.19. The summed E-state index contributed by atoms with van der Waals surface area (Å²) in [7, 11) is 0. The Balaban J connectivity index is 1.68. The number of carbonyl (C=O) groups is 1. The second kappa shape index (κ2) is 7.56. The summed E-state index contributed by atoms with van der Waals surface area (Å²) in [5.41, 5.74) is 3.55. The number of carbonyl (C=O) groups excluding carboxylic acids is 1. The van der Waals surface area contributed by atoms with Crippen LogP contribution in [0.1, 0.15) is 22.5 Å². The average molecular weight is 394 g/mol. The molecule has 0 aliphatic carbocycles. The van der Waals surface area contributed by atoms with Crippen molar-refractivity contribution in [2.24, 2.45) is 0 Å². The van der Waals surface area contributed by atoms with Crippen LogP contribution in [0.2, 0.25) is 0 Å².